The highest BCUT2D eigenvalue weighted by Gasteiger charge is 2.23. The minimum Gasteiger partial charge on any atom is -0.338 e. The van der Waals surface area contributed by atoms with Gasteiger partial charge in [-0.3, -0.25) is 4.79 Å². The lowest BCUT2D eigenvalue weighted by Crippen LogP contribution is -2.44. The normalized spacial score (nSPS) is 11.3. The number of urea groups is 1. The van der Waals surface area contributed by atoms with E-state index in [1.165, 1.54) is 4.90 Å². The molecule has 0 spiro atoms. The molecule has 3 amide bonds. The molecule has 0 unspecified atom stereocenters. The molecule has 2 N–H and O–H groups in total. The second-order valence-corrected chi connectivity index (χ2v) is 9.14. The van der Waals surface area contributed by atoms with Crippen molar-refractivity contribution in [2.45, 2.75) is 52.9 Å². The molecule has 2 aromatic rings. The van der Waals surface area contributed by atoms with Crippen LogP contribution in [-0.2, 0) is 10.2 Å². The number of likely N-dealkylation sites (N-methyl/N-ethyl adjacent to an activating group) is 1. The second kappa shape index (κ2) is 10.9. The summed E-state index contributed by atoms with van der Waals surface area (Å²) in [5.41, 5.74) is 1.25. The van der Waals surface area contributed by atoms with Gasteiger partial charge in [0.1, 0.15) is 12.4 Å². The molecule has 7 nitrogen and oxygen atoms in total. The molecule has 1 aromatic heterocycles. The van der Waals surface area contributed by atoms with Crippen LogP contribution in [0.2, 0.25) is 10.0 Å². The molecule has 170 valence electrons. The summed E-state index contributed by atoms with van der Waals surface area (Å²) in [6.07, 6.45) is 1.88. The Morgan fingerprint density at radius 1 is 1.13 bits per heavy atom. The lowest BCUT2D eigenvalue weighted by molar-refractivity contribution is -0.116. The molecule has 0 bridgehead atoms. The number of amides is 3. The molecule has 2 rings (SSSR count). The number of nitrogens with zero attached hydrogens (tertiary/aromatic N) is 3. The predicted molar refractivity (Wildman–Crippen MR) is 126 cm³/mol. The van der Waals surface area contributed by atoms with Crippen LogP contribution in [0.4, 0.5) is 10.6 Å². The quantitative estimate of drug-likeness (QED) is 0.520. The molecule has 0 saturated heterocycles. The van der Waals surface area contributed by atoms with E-state index in [0.717, 1.165) is 18.5 Å². The van der Waals surface area contributed by atoms with Gasteiger partial charge in [0.15, 0.2) is 0 Å². The van der Waals surface area contributed by atoms with Gasteiger partial charge in [-0.05, 0) is 31.5 Å². The van der Waals surface area contributed by atoms with E-state index in [0.29, 0.717) is 34.6 Å². The fourth-order valence-electron chi connectivity index (χ4n) is 2.82. The highest BCUT2D eigenvalue weighted by atomic mass is 35.5. The number of anilines is 1. The SMILES string of the molecule is CCCCNC(=O)N(CC)CC(=O)Nc1cc(C(C)(C)C)nn1-c1ccc(Cl)c(Cl)c1. The Morgan fingerprint density at radius 2 is 1.84 bits per heavy atom. The number of aromatic nitrogens is 2. The molecule has 0 atom stereocenters. The Labute approximate surface area is 194 Å². The van der Waals surface area contributed by atoms with E-state index >= 15 is 0 Å². The van der Waals surface area contributed by atoms with Crippen LogP contribution in [0.15, 0.2) is 24.3 Å². The summed E-state index contributed by atoms with van der Waals surface area (Å²) < 4.78 is 1.62. The molecule has 0 saturated carbocycles. The van der Waals surface area contributed by atoms with Gasteiger partial charge in [0.05, 0.1) is 21.4 Å². The number of halogens is 2. The van der Waals surface area contributed by atoms with Gasteiger partial charge in [-0.1, -0.05) is 57.3 Å². The van der Waals surface area contributed by atoms with Gasteiger partial charge >= 0.3 is 6.03 Å². The number of rotatable bonds is 8. The number of carbonyl (C=O) groups is 2. The molecule has 0 aliphatic rings. The van der Waals surface area contributed by atoms with Crippen molar-refractivity contribution < 1.29 is 9.59 Å². The highest BCUT2D eigenvalue weighted by molar-refractivity contribution is 6.42. The maximum atomic E-state index is 12.8. The molecule has 31 heavy (non-hydrogen) atoms. The summed E-state index contributed by atoms with van der Waals surface area (Å²) in [6.45, 7) is 11.0. The monoisotopic (exact) mass is 467 g/mol. The van der Waals surface area contributed by atoms with Crippen LogP contribution in [0.1, 0.15) is 53.2 Å². The van der Waals surface area contributed by atoms with E-state index in [1.807, 2.05) is 33.8 Å². The van der Waals surface area contributed by atoms with Crippen LogP contribution in [0.5, 0.6) is 0 Å². The van der Waals surface area contributed by atoms with Crippen molar-refractivity contribution in [2.24, 2.45) is 0 Å². The van der Waals surface area contributed by atoms with Crippen LogP contribution < -0.4 is 10.6 Å². The standard InChI is InChI=1S/C22H31Cl2N5O2/c1-6-8-11-25-21(31)28(7-2)14-20(30)26-19-13-18(22(3,4)5)27-29(19)15-9-10-16(23)17(24)12-15/h9-10,12-13H,6-8,11,14H2,1-5H3,(H,25,31)(H,26,30). The van der Waals surface area contributed by atoms with Crippen LogP contribution >= 0.6 is 23.2 Å². The van der Waals surface area contributed by atoms with E-state index in [9.17, 15) is 9.59 Å². The highest BCUT2D eigenvalue weighted by Crippen LogP contribution is 2.29. The van der Waals surface area contributed by atoms with Crippen LogP contribution in [-0.4, -0.2) is 46.3 Å². The Kier molecular flexibility index (Phi) is 8.77. The van der Waals surface area contributed by atoms with Crippen molar-refractivity contribution in [1.82, 2.24) is 20.0 Å². The van der Waals surface area contributed by atoms with Crippen LogP contribution in [0.25, 0.3) is 5.69 Å². The first kappa shape index (κ1) is 25.0. The van der Waals surface area contributed by atoms with E-state index in [4.69, 9.17) is 23.2 Å². The van der Waals surface area contributed by atoms with Gasteiger partial charge in [-0.15, -0.1) is 0 Å². The number of benzene rings is 1. The van der Waals surface area contributed by atoms with Crippen LogP contribution in [0, 0.1) is 0 Å². The number of nitrogens with one attached hydrogen (secondary N) is 2. The van der Waals surface area contributed by atoms with Crippen molar-refractivity contribution in [1.29, 1.82) is 0 Å². The van der Waals surface area contributed by atoms with Crippen molar-refractivity contribution >= 4 is 41.0 Å². The fraction of sp³-hybridized carbons (Fsp3) is 0.500. The minimum atomic E-state index is -0.311. The van der Waals surface area contributed by atoms with Gasteiger partial charge in [-0.25, -0.2) is 9.48 Å². The van der Waals surface area contributed by atoms with Gasteiger partial charge in [0.25, 0.3) is 0 Å². The first-order valence-corrected chi connectivity index (χ1v) is 11.2. The van der Waals surface area contributed by atoms with E-state index in [-0.39, 0.29) is 23.9 Å². The zero-order valence-electron chi connectivity index (χ0n) is 18.8. The molecule has 1 heterocycles. The molecule has 0 aliphatic carbocycles. The molecule has 0 fully saturated rings. The number of hydrogen-bond acceptors (Lipinski definition) is 3. The summed E-state index contributed by atoms with van der Waals surface area (Å²) in [5, 5.41) is 11.2. The van der Waals surface area contributed by atoms with E-state index in [2.05, 4.69) is 22.7 Å². The first-order valence-electron chi connectivity index (χ1n) is 10.4. The lowest BCUT2D eigenvalue weighted by atomic mass is 9.92. The lowest BCUT2D eigenvalue weighted by Gasteiger charge is -2.21. The molecule has 0 radical (unpaired) electrons. The Hall–Kier alpha value is -2.25. The van der Waals surface area contributed by atoms with Gasteiger partial charge in [-0.2, -0.15) is 5.10 Å². The molecule has 0 aliphatic heterocycles. The maximum absolute atomic E-state index is 12.8. The topological polar surface area (TPSA) is 79.3 Å². The Morgan fingerprint density at radius 3 is 2.42 bits per heavy atom. The zero-order chi connectivity index (χ0) is 23.2. The third-order valence-electron chi connectivity index (χ3n) is 4.70. The summed E-state index contributed by atoms with van der Waals surface area (Å²) in [5.74, 6) is 0.185. The molecular formula is C22H31Cl2N5O2. The molecular weight excluding hydrogens is 437 g/mol. The third kappa shape index (κ3) is 6.87. The van der Waals surface area contributed by atoms with Crippen molar-refractivity contribution in [3.05, 3.63) is 40.0 Å². The van der Waals surface area contributed by atoms with Gasteiger partial charge in [0.2, 0.25) is 5.91 Å². The number of hydrogen-bond donors (Lipinski definition) is 2. The summed E-state index contributed by atoms with van der Waals surface area (Å²) in [4.78, 5) is 26.5. The van der Waals surface area contributed by atoms with Crippen LogP contribution in [0.3, 0.4) is 0 Å². The van der Waals surface area contributed by atoms with E-state index in [1.54, 1.807) is 22.9 Å². The molecule has 9 heteroatoms. The van der Waals surface area contributed by atoms with Gasteiger partial charge < -0.3 is 15.5 Å². The minimum absolute atomic E-state index is 0.0636. The number of unbranched alkanes of at least 4 members (excludes halogenated alkanes) is 1. The van der Waals surface area contributed by atoms with E-state index < -0.39 is 0 Å². The zero-order valence-corrected chi connectivity index (χ0v) is 20.3. The molecule has 1 aromatic carbocycles. The smallest absolute Gasteiger partial charge is 0.317 e. The summed E-state index contributed by atoms with van der Waals surface area (Å²) >= 11 is 12.2. The fourth-order valence-corrected chi connectivity index (χ4v) is 3.11. The Bertz CT molecular complexity index is 921. The Balaban J connectivity index is 2.24. The average Bonchev–Trinajstić information content (AvgIpc) is 3.12. The van der Waals surface area contributed by atoms with Gasteiger partial charge in [0, 0.05) is 24.6 Å². The maximum Gasteiger partial charge on any atom is 0.317 e. The number of carbonyl (C=O) groups excluding carboxylic acids is 2. The average molecular weight is 468 g/mol. The summed E-state index contributed by atoms with van der Waals surface area (Å²) in [6, 6.07) is 6.74. The van der Waals surface area contributed by atoms with Crippen molar-refractivity contribution in [3.8, 4) is 5.69 Å². The summed E-state index contributed by atoms with van der Waals surface area (Å²) in [7, 11) is 0. The van der Waals surface area contributed by atoms with Crippen molar-refractivity contribution in [3.63, 3.8) is 0 Å². The van der Waals surface area contributed by atoms with Crippen molar-refractivity contribution in [2.75, 3.05) is 25.0 Å². The largest absolute Gasteiger partial charge is 0.338 e. The first-order chi connectivity index (χ1) is 14.6. The second-order valence-electron chi connectivity index (χ2n) is 8.32. The third-order valence-corrected chi connectivity index (χ3v) is 5.44. The predicted octanol–water partition coefficient (Wildman–Crippen LogP) is 5.25.